The molecule has 0 aliphatic carbocycles. The topological polar surface area (TPSA) is 606 Å². The van der Waals surface area contributed by atoms with Gasteiger partial charge in [0.25, 0.3) is 0 Å². The van der Waals surface area contributed by atoms with E-state index in [-0.39, 0.29) is 95.2 Å². The summed E-state index contributed by atoms with van der Waals surface area (Å²) >= 11 is 0. The highest BCUT2D eigenvalue weighted by molar-refractivity contribution is 6.00. The molecule has 0 aromatic carbocycles. The van der Waals surface area contributed by atoms with E-state index in [0.29, 0.717) is 6.42 Å². The minimum atomic E-state index is -1.83. The number of carbonyl (C=O) groups excluding carboxylic acids is 16. The largest absolute Gasteiger partial charge is 0.481 e. The summed E-state index contributed by atoms with van der Waals surface area (Å²) in [4.78, 5) is 240. The Kier molecular flexibility index (Phi) is 43.9. The van der Waals surface area contributed by atoms with Crippen molar-refractivity contribution < 1.29 is 116 Å². The molecule has 1 fully saturated rings. The lowest BCUT2D eigenvalue weighted by Gasteiger charge is -2.31. The summed E-state index contributed by atoms with van der Waals surface area (Å²) < 4.78 is 9.40. The van der Waals surface area contributed by atoms with E-state index < -0.39 is 230 Å². The van der Waals surface area contributed by atoms with Gasteiger partial charge in [-0.2, -0.15) is 0 Å². The molecule has 39 nitrogen and oxygen atoms in total. The minimum Gasteiger partial charge on any atom is -0.481 e. The number of nitrogens with two attached hydrogens (primary N) is 2. The number of likely N-dealkylation sites (tertiary alicyclic amines) is 1. The van der Waals surface area contributed by atoms with Gasteiger partial charge in [-0.3, -0.25) is 71.9 Å². The molecule has 0 spiro atoms. The van der Waals surface area contributed by atoms with Gasteiger partial charge in [0, 0.05) is 38.9 Å². The van der Waals surface area contributed by atoms with Gasteiger partial charge < -0.3 is 110 Å². The molecule has 2 unspecified atom stereocenters. The second-order valence-electron chi connectivity index (χ2n) is 27.7. The first kappa shape index (κ1) is 95.7. The van der Waals surface area contributed by atoms with Crippen LogP contribution in [0.25, 0.3) is 0 Å². The zero-order valence-corrected chi connectivity index (χ0v) is 63.2. The SMILES string of the molecule is C=CCOC(=O)NCCCC[C@H](NC(=O)[C@H](CC(C)C)NC(=O)[C@H](CC(C)C)NC(=O)[C@@H](NC(=O)[C@H](CC(C)C)NC(=O)[C@@H]1CCCN1C(=O)[C@H](CO)NC(=O)C(NC(=O)[C@H](CCC(N)=O)NC(=O)[C@H](CCC(=O)O)NC(=O)[C@H](CC/C=C/C(=O)OC)NC(=O)[C@H](CC(N)=O)NC(C)=O)C(C)C)C(C)O)C(=O)O. The maximum atomic E-state index is 14.4. The van der Waals surface area contributed by atoms with Crippen LogP contribution in [-0.2, 0) is 91.0 Å². The van der Waals surface area contributed by atoms with Crippen LogP contribution >= 0.6 is 0 Å². The highest BCUT2D eigenvalue weighted by Crippen LogP contribution is 2.21. The second kappa shape index (κ2) is 49.5. The lowest BCUT2D eigenvalue weighted by atomic mass is 9.99. The number of hydrogen-bond acceptors (Lipinski definition) is 22. The fourth-order valence-electron chi connectivity index (χ4n) is 11.0. The molecular formula is C69H113N15O24. The fourth-order valence-corrected chi connectivity index (χ4v) is 11.0. The number of nitrogens with one attached hydrogen (secondary N) is 12. The van der Waals surface area contributed by atoms with Crippen molar-refractivity contribution in [2.45, 2.75) is 244 Å². The van der Waals surface area contributed by atoms with Gasteiger partial charge in [-0.05, 0) is 108 Å². The van der Waals surface area contributed by atoms with Gasteiger partial charge in [-0.15, -0.1) is 0 Å². The Morgan fingerprint density at radius 2 is 0.991 bits per heavy atom. The number of nitrogens with zero attached hydrogens (tertiary/aromatic N) is 1. The highest BCUT2D eigenvalue weighted by Gasteiger charge is 2.42. The lowest BCUT2D eigenvalue weighted by molar-refractivity contribution is -0.143. The van der Waals surface area contributed by atoms with Gasteiger partial charge >= 0.3 is 24.0 Å². The molecule has 0 saturated carbocycles. The zero-order valence-electron chi connectivity index (χ0n) is 63.2. The number of aliphatic carboxylic acids is 2. The number of alkyl carbamates (subject to hydrolysis) is 1. The summed E-state index contributed by atoms with van der Waals surface area (Å²) in [5.74, 6) is -19.3. The Morgan fingerprint density at radius 3 is 1.46 bits per heavy atom. The maximum Gasteiger partial charge on any atom is 0.407 e. The number of aliphatic hydroxyl groups is 2. The van der Waals surface area contributed by atoms with Crippen molar-refractivity contribution in [3.8, 4) is 0 Å². The van der Waals surface area contributed by atoms with E-state index in [1.807, 2.05) is 0 Å². The number of esters is 1. The van der Waals surface area contributed by atoms with E-state index in [2.05, 4.69) is 75.1 Å². The van der Waals surface area contributed by atoms with Gasteiger partial charge in [-0.1, -0.05) is 74.1 Å². The maximum absolute atomic E-state index is 14.4. The Balaban J connectivity index is 3.49. The number of ether oxygens (including phenoxy) is 2. The van der Waals surface area contributed by atoms with Gasteiger partial charge in [0.15, 0.2) is 0 Å². The molecule has 1 rings (SSSR count). The summed E-state index contributed by atoms with van der Waals surface area (Å²) in [6, 6.07) is -18.9. The average Bonchev–Trinajstić information content (AvgIpc) is 1.60. The van der Waals surface area contributed by atoms with Crippen molar-refractivity contribution in [3.05, 3.63) is 24.8 Å². The number of methoxy groups -OCH3 is 1. The van der Waals surface area contributed by atoms with E-state index in [9.17, 15) is 107 Å². The third kappa shape index (κ3) is 36.8. The van der Waals surface area contributed by atoms with E-state index in [1.54, 1.807) is 41.5 Å². The fraction of sp³-hybridized carbons (Fsp3) is 0.681. The number of allylic oxidation sites excluding steroid dienone is 1. The van der Waals surface area contributed by atoms with E-state index in [0.717, 1.165) is 25.0 Å². The zero-order chi connectivity index (χ0) is 82.2. The quantitative estimate of drug-likeness (QED) is 0.0120. The first-order chi connectivity index (χ1) is 50.6. The van der Waals surface area contributed by atoms with Crippen molar-refractivity contribution in [1.82, 2.24) is 68.7 Å². The molecule has 0 aromatic rings. The van der Waals surface area contributed by atoms with Crippen molar-refractivity contribution in [2.75, 3.05) is 33.4 Å². The molecular weight excluding hydrogens is 1420 g/mol. The van der Waals surface area contributed by atoms with Crippen LogP contribution in [0.4, 0.5) is 4.79 Å². The molecule has 1 heterocycles. The van der Waals surface area contributed by atoms with Crippen LogP contribution in [0.5, 0.6) is 0 Å². The molecule has 20 N–H and O–H groups in total. The monoisotopic (exact) mass is 1540 g/mol. The lowest BCUT2D eigenvalue weighted by Crippen LogP contribution is -2.62. The molecule has 15 amide bonds. The first-order valence-corrected chi connectivity index (χ1v) is 35.7. The van der Waals surface area contributed by atoms with Gasteiger partial charge in [-0.25, -0.2) is 14.4 Å². The molecule has 108 heavy (non-hydrogen) atoms. The van der Waals surface area contributed by atoms with Crippen molar-refractivity contribution >= 4 is 107 Å². The van der Waals surface area contributed by atoms with Crippen LogP contribution in [0.15, 0.2) is 24.8 Å². The van der Waals surface area contributed by atoms with Gasteiger partial charge in [0.2, 0.25) is 82.7 Å². The van der Waals surface area contributed by atoms with Crippen LogP contribution < -0.4 is 75.3 Å². The van der Waals surface area contributed by atoms with Crippen molar-refractivity contribution in [2.24, 2.45) is 35.1 Å². The third-order valence-corrected chi connectivity index (χ3v) is 16.5. The van der Waals surface area contributed by atoms with Crippen LogP contribution in [-0.4, -0.2) is 244 Å². The summed E-state index contributed by atoms with van der Waals surface area (Å²) in [5.41, 5.74) is 10.7. The van der Waals surface area contributed by atoms with Crippen LogP contribution in [0.3, 0.4) is 0 Å². The van der Waals surface area contributed by atoms with Crippen molar-refractivity contribution in [3.63, 3.8) is 0 Å². The molecule has 0 bridgehead atoms. The molecule has 1 aliphatic rings. The Hall–Kier alpha value is -10.3. The summed E-state index contributed by atoms with van der Waals surface area (Å²) in [6.45, 7) is 17.9. The number of amides is 15. The summed E-state index contributed by atoms with van der Waals surface area (Å²) in [6.07, 6.45) is -1.76. The second-order valence-corrected chi connectivity index (χ2v) is 27.7. The van der Waals surface area contributed by atoms with Crippen LogP contribution in [0.2, 0.25) is 0 Å². The Labute approximate surface area is 627 Å². The Morgan fingerprint density at radius 1 is 0.537 bits per heavy atom. The smallest absolute Gasteiger partial charge is 0.407 e. The predicted octanol–water partition coefficient (Wildman–Crippen LogP) is -3.82. The van der Waals surface area contributed by atoms with Crippen molar-refractivity contribution in [1.29, 1.82) is 0 Å². The number of carboxylic acids is 2. The highest BCUT2D eigenvalue weighted by atomic mass is 16.5. The molecule has 1 aliphatic heterocycles. The average molecular weight is 1540 g/mol. The molecule has 39 heteroatoms. The first-order valence-electron chi connectivity index (χ1n) is 35.7. The summed E-state index contributed by atoms with van der Waals surface area (Å²) in [7, 11) is 1.09. The predicted molar refractivity (Wildman–Crippen MR) is 384 cm³/mol. The van der Waals surface area contributed by atoms with E-state index in [1.165, 1.54) is 32.9 Å². The normalized spacial score (nSPS) is 16.0. The van der Waals surface area contributed by atoms with Crippen LogP contribution in [0, 0.1) is 23.7 Å². The molecule has 0 radical (unpaired) electrons. The number of unbranched alkanes of at least 4 members (excludes halogenated alkanes) is 1. The summed E-state index contributed by atoms with van der Waals surface area (Å²) in [5, 5.41) is 70.5. The van der Waals surface area contributed by atoms with E-state index >= 15 is 0 Å². The van der Waals surface area contributed by atoms with Crippen LogP contribution in [0.1, 0.15) is 166 Å². The molecule has 1 saturated heterocycles. The van der Waals surface area contributed by atoms with Gasteiger partial charge in [0.05, 0.1) is 26.2 Å². The number of aliphatic hydroxyl groups excluding tert-OH is 2. The standard InChI is InChI=1S/C69H113N15O24/c1-13-29-108-69(106)72-27-17-16-20-44(68(104)105)77-60(96)45(30-35(2)3)78-61(97)46(31-36(4)5)80-66(102)56(39(10)86)83-63(99)47(32-37(6)7)79-64(100)50-21-18-28-84(50)67(103)49(34-85)81-65(101)55(38(8)9)82-59(95)42(23-25-51(70)88)75-58(94)43(24-26-53(90)91)76-57(93)41(19-14-15-22-54(92)107-12)74-62(98)48(33-52(71)89)73-40(11)87/h13,15,22,35-39,41-50,55-56,85-86H,1,14,16-21,23-34H2,2-12H3,(H2,70,88)(H2,71,89)(H,72,106)(H,73,87)(H,74,98)(H,75,94)(H,76,93)(H,77,96)(H,78,97)(H,79,100)(H,80,102)(H,81,101)(H,82,95)(H,83,99)(H,90,91)(H,104,105)/b22-15+/t39?,41-,42-,43-,44-,45-,46-,47-,48-,49-,50-,55?,56-/m0/s1. The van der Waals surface area contributed by atoms with Gasteiger partial charge in [0.1, 0.15) is 79.1 Å². The third-order valence-electron chi connectivity index (χ3n) is 16.5. The Bertz CT molecular complexity index is 3150. The number of rotatable bonds is 51. The van der Waals surface area contributed by atoms with E-state index in [4.69, 9.17) is 16.2 Å². The molecule has 13 atom stereocenters. The number of primary amides is 2. The minimum absolute atomic E-state index is 0.00308. The molecule has 608 valence electrons. The number of hydrogen-bond donors (Lipinski definition) is 18. The number of carbonyl (C=O) groups is 18. The number of carboxylic acid groups (broad SMARTS) is 2. The molecule has 0 aromatic heterocycles.